The molecule has 0 amide bonds. The Labute approximate surface area is 198 Å². The van der Waals surface area contributed by atoms with Crippen molar-refractivity contribution >= 4 is 12.0 Å². The number of hydrogen-bond donors (Lipinski definition) is 5. The van der Waals surface area contributed by atoms with Gasteiger partial charge >= 0.3 is 0 Å². The predicted molar refractivity (Wildman–Crippen MR) is 125 cm³/mol. The number of carbonyl (C=O) groups excluding carboxylic acids is 1. The zero-order valence-electron chi connectivity index (χ0n) is 19.9. The molecule has 9 heteroatoms. The van der Waals surface area contributed by atoms with E-state index in [1.807, 2.05) is 19.1 Å². The number of allylic oxidation sites excluding steroid dienone is 1. The highest BCUT2D eigenvalue weighted by Crippen LogP contribution is 2.40. The molecule has 1 unspecified atom stereocenters. The summed E-state index contributed by atoms with van der Waals surface area (Å²) in [6.07, 6.45) is 1.23. The van der Waals surface area contributed by atoms with Crippen molar-refractivity contribution in [3.8, 4) is 11.5 Å². The number of aliphatic hydroxyl groups is 3. The van der Waals surface area contributed by atoms with Crippen LogP contribution < -0.4 is 10.1 Å². The minimum Gasteiger partial charge on any atom is -0.507 e. The summed E-state index contributed by atoms with van der Waals surface area (Å²) >= 11 is 0. The van der Waals surface area contributed by atoms with Crippen molar-refractivity contribution in [3.63, 3.8) is 0 Å². The van der Waals surface area contributed by atoms with Crippen LogP contribution in [-0.4, -0.2) is 68.1 Å². The second-order valence-corrected chi connectivity index (χ2v) is 9.23. The molecule has 2 aliphatic heterocycles. The van der Waals surface area contributed by atoms with Crippen LogP contribution in [0.15, 0.2) is 24.4 Å². The molecule has 0 aliphatic carbocycles. The van der Waals surface area contributed by atoms with Gasteiger partial charge in [-0.15, -0.1) is 0 Å². The number of phenols is 1. The molecule has 0 spiro atoms. The number of nitrogens with one attached hydrogen (secondary N) is 1. The van der Waals surface area contributed by atoms with Crippen molar-refractivity contribution in [3.05, 3.63) is 52.4 Å². The van der Waals surface area contributed by atoms with Gasteiger partial charge in [0.05, 0.1) is 29.5 Å². The molecule has 0 radical (unpaired) electrons. The molecule has 0 bridgehead atoms. The van der Waals surface area contributed by atoms with Crippen molar-refractivity contribution in [2.45, 2.75) is 70.4 Å². The average molecular weight is 473 g/mol. The predicted octanol–water partition coefficient (Wildman–Crippen LogP) is 1.64. The maximum atomic E-state index is 13.4. The van der Waals surface area contributed by atoms with Crippen LogP contribution in [0.5, 0.6) is 11.5 Å². The van der Waals surface area contributed by atoms with E-state index in [1.54, 1.807) is 33.2 Å². The van der Waals surface area contributed by atoms with E-state index in [0.717, 1.165) is 5.56 Å². The van der Waals surface area contributed by atoms with Gasteiger partial charge in [-0.05, 0) is 52.4 Å². The average Bonchev–Trinajstić information content (AvgIpc) is 3.17. The molecule has 0 saturated carbocycles. The second kappa shape index (κ2) is 8.83. The number of nitrogens with zero attached hydrogens (tertiary/aromatic N) is 1. The summed E-state index contributed by atoms with van der Waals surface area (Å²) in [5.74, 6) is -0.450. The first-order chi connectivity index (χ1) is 16.0. The third kappa shape index (κ3) is 3.83. The number of rotatable bonds is 4. The lowest BCUT2D eigenvalue weighted by atomic mass is 9.84. The minimum absolute atomic E-state index is 0.0471. The van der Waals surface area contributed by atoms with Gasteiger partial charge in [0.1, 0.15) is 23.2 Å². The van der Waals surface area contributed by atoms with Crippen LogP contribution in [0.3, 0.4) is 0 Å². The third-order valence-electron chi connectivity index (χ3n) is 6.89. The van der Waals surface area contributed by atoms with Crippen LogP contribution in [0, 0.1) is 6.92 Å². The van der Waals surface area contributed by atoms with Crippen LogP contribution in [0.1, 0.15) is 59.6 Å². The Morgan fingerprint density at radius 3 is 2.68 bits per heavy atom. The molecule has 5 N–H and O–H groups in total. The number of benzene rings is 1. The fourth-order valence-electron chi connectivity index (χ4n) is 5.01. The Morgan fingerprint density at radius 1 is 1.32 bits per heavy atom. The summed E-state index contributed by atoms with van der Waals surface area (Å²) in [6, 6.07) is 2.69. The molecule has 6 atom stereocenters. The van der Waals surface area contributed by atoms with Gasteiger partial charge < -0.3 is 35.2 Å². The van der Waals surface area contributed by atoms with Crippen LogP contribution in [-0.2, 0) is 11.2 Å². The summed E-state index contributed by atoms with van der Waals surface area (Å²) < 4.78 is 13.1. The summed E-state index contributed by atoms with van der Waals surface area (Å²) in [5.41, 5.74) is 0.481. The molecule has 3 heterocycles. The van der Waals surface area contributed by atoms with E-state index in [4.69, 9.17) is 9.47 Å². The quantitative estimate of drug-likeness (QED) is 0.454. The van der Waals surface area contributed by atoms with E-state index in [0.29, 0.717) is 16.8 Å². The van der Waals surface area contributed by atoms with Crippen molar-refractivity contribution < 1.29 is 34.7 Å². The van der Waals surface area contributed by atoms with E-state index in [1.165, 1.54) is 17.6 Å². The van der Waals surface area contributed by atoms with Gasteiger partial charge in [-0.2, -0.15) is 0 Å². The smallest absolute Gasteiger partial charge is 0.262 e. The number of carbonyl (C=O) groups is 1. The zero-order chi connectivity index (χ0) is 24.9. The summed E-state index contributed by atoms with van der Waals surface area (Å²) in [6.45, 7) is 6.72. The van der Waals surface area contributed by atoms with Gasteiger partial charge in [0.25, 0.3) is 5.91 Å². The van der Waals surface area contributed by atoms with Crippen molar-refractivity contribution in [2.24, 2.45) is 0 Å². The van der Waals surface area contributed by atoms with Crippen LogP contribution >= 0.6 is 0 Å². The van der Waals surface area contributed by atoms with E-state index in [2.05, 4.69) is 5.32 Å². The molecule has 184 valence electrons. The lowest BCUT2D eigenvalue weighted by Gasteiger charge is -2.47. The monoisotopic (exact) mass is 472 g/mol. The Hall–Kier alpha value is -2.69. The normalized spacial score (nSPS) is 31.3. The summed E-state index contributed by atoms with van der Waals surface area (Å²) in [4.78, 5) is 13.4. The number of likely N-dealkylation sites (N-methyl/N-ethyl adjacent to an activating group) is 1. The maximum absolute atomic E-state index is 13.4. The van der Waals surface area contributed by atoms with Crippen molar-refractivity contribution in [2.75, 3.05) is 7.05 Å². The first-order valence-electron chi connectivity index (χ1n) is 11.3. The van der Waals surface area contributed by atoms with Gasteiger partial charge in [0.15, 0.2) is 0 Å². The highest BCUT2D eigenvalue weighted by molar-refractivity contribution is 6.00. The molecule has 1 fully saturated rings. The molecule has 4 rings (SSSR count). The Kier molecular flexibility index (Phi) is 6.34. The van der Waals surface area contributed by atoms with Crippen molar-refractivity contribution in [1.29, 1.82) is 0 Å². The number of fused-ring (bicyclic) bond motifs is 2. The second-order valence-electron chi connectivity index (χ2n) is 9.23. The standard InChI is InChI=1S/C25H32N2O7/c1-6-7-14-8-17-18(28)9-15-16(23(31)27(17)11-14)10-19(12(2)20(15)29)34-24-22(30)25(4,32)21(26-5)13(3)33-24/h6-8,10-11,13,18,21-22,24,26,28-30,32H,9H2,1-5H3/b7-6+/t13-,18?,21-,22-,24+,25-/m1/s1. The third-order valence-corrected chi connectivity index (χ3v) is 6.89. The fourth-order valence-corrected chi connectivity index (χ4v) is 5.01. The molecule has 2 aliphatic rings. The molecule has 2 aromatic rings. The number of phenolic OH excluding ortho intramolecular Hbond substituents is 1. The van der Waals surface area contributed by atoms with Crippen LogP contribution in [0.2, 0.25) is 0 Å². The number of aliphatic hydroxyl groups excluding tert-OH is 2. The first-order valence-corrected chi connectivity index (χ1v) is 11.3. The molecule has 1 saturated heterocycles. The van der Waals surface area contributed by atoms with E-state index in [9.17, 15) is 25.2 Å². The van der Waals surface area contributed by atoms with E-state index < -0.39 is 42.2 Å². The van der Waals surface area contributed by atoms with E-state index in [-0.39, 0.29) is 23.5 Å². The lowest BCUT2D eigenvalue weighted by Crippen LogP contribution is -2.69. The highest BCUT2D eigenvalue weighted by atomic mass is 16.7. The lowest BCUT2D eigenvalue weighted by molar-refractivity contribution is -0.272. The Morgan fingerprint density at radius 2 is 2.03 bits per heavy atom. The fraction of sp³-hybridized carbons (Fsp3) is 0.480. The molecule has 1 aromatic carbocycles. The topological polar surface area (TPSA) is 133 Å². The number of hydrogen-bond acceptors (Lipinski definition) is 8. The minimum atomic E-state index is -1.55. The first kappa shape index (κ1) is 24.4. The van der Waals surface area contributed by atoms with Crippen molar-refractivity contribution in [1.82, 2.24) is 9.88 Å². The van der Waals surface area contributed by atoms with Gasteiger partial charge in [0.2, 0.25) is 6.29 Å². The van der Waals surface area contributed by atoms with Crippen LogP contribution in [0.4, 0.5) is 0 Å². The number of aromatic hydroxyl groups is 1. The van der Waals surface area contributed by atoms with Crippen LogP contribution in [0.25, 0.3) is 6.08 Å². The molecule has 34 heavy (non-hydrogen) atoms. The largest absolute Gasteiger partial charge is 0.507 e. The van der Waals surface area contributed by atoms with Gasteiger partial charge in [-0.1, -0.05) is 12.2 Å². The van der Waals surface area contributed by atoms with Gasteiger partial charge in [-0.3, -0.25) is 9.36 Å². The highest BCUT2D eigenvalue weighted by Gasteiger charge is 2.52. The Bertz CT molecular complexity index is 1140. The molecular weight excluding hydrogens is 440 g/mol. The Balaban J connectivity index is 1.74. The summed E-state index contributed by atoms with van der Waals surface area (Å²) in [7, 11) is 1.67. The van der Waals surface area contributed by atoms with E-state index >= 15 is 0 Å². The SMILES string of the molecule is C/C=C/c1cc2n(c1)C(=O)c1cc(O[C@@H]3O[C@H](C)[C@@H](NC)[C@@](C)(O)[C@@H]3O)c(C)c(O)c1CC2O. The number of aromatic nitrogens is 1. The summed E-state index contributed by atoms with van der Waals surface area (Å²) in [5, 5.41) is 46.3. The molecule has 9 nitrogen and oxygen atoms in total. The number of ether oxygens (including phenoxy) is 2. The maximum Gasteiger partial charge on any atom is 0.262 e. The zero-order valence-corrected chi connectivity index (χ0v) is 19.9. The van der Waals surface area contributed by atoms with Gasteiger partial charge in [0, 0.05) is 23.7 Å². The molecular formula is C25H32N2O7. The molecule has 1 aromatic heterocycles. The van der Waals surface area contributed by atoms with Gasteiger partial charge in [-0.25, -0.2) is 0 Å².